The summed E-state index contributed by atoms with van der Waals surface area (Å²) < 4.78 is -1.93. The second-order valence-electron chi connectivity index (χ2n) is 5.02. The van der Waals surface area contributed by atoms with Crippen molar-refractivity contribution in [2.75, 3.05) is 5.32 Å². The van der Waals surface area contributed by atoms with Crippen molar-refractivity contribution in [3.63, 3.8) is 0 Å². The molecule has 11 heteroatoms. The molecule has 1 atom stereocenters. The Labute approximate surface area is 173 Å². The topological polar surface area (TPSA) is 84.3 Å². The summed E-state index contributed by atoms with van der Waals surface area (Å²) in [5.74, 6) is -0.609. The lowest BCUT2D eigenvalue weighted by Crippen LogP contribution is -2.49. The number of nitrogens with zero attached hydrogens (tertiary/aromatic N) is 1. The molecule has 0 aliphatic heterocycles. The second-order valence-corrected chi connectivity index (χ2v) is 8.23. The van der Waals surface area contributed by atoms with E-state index in [9.17, 15) is 14.9 Å². The summed E-state index contributed by atoms with van der Waals surface area (Å²) in [5, 5.41) is 16.7. The fraction of sp³-hybridized carbons (Fsp3) is 0.133. The molecule has 0 fully saturated rings. The standard InChI is InChI=1S/C15H10Cl5N3O3/c16-9-3-6-11(17)12(7-9)21-14(15(18,19)20)22-13(24)8-1-4-10(5-2-8)23(25)26/h1-7,14,21H,(H,22,24)/t14-/m1/s1. The fourth-order valence-electron chi connectivity index (χ4n) is 1.91. The van der Waals surface area contributed by atoms with Crippen LogP contribution in [0.2, 0.25) is 10.0 Å². The molecule has 0 aromatic heterocycles. The van der Waals surface area contributed by atoms with Crippen molar-refractivity contribution in [1.29, 1.82) is 0 Å². The van der Waals surface area contributed by atoms with Gasteiger partial charge >= 0.3 is 0 Å². The average Bonchev–Trinajstić information content (AvgIpc) is 2.56. The highest BCUT2D eigenvalue weighted by Gasteiger charge is 2.34. The molecule has 2 aromatic rings. The van der Waals surface area contributed by atoms with Gasteiger partial charge in [-0.05, 0) is 30.3 Å². The van der Waals surface area contributed by atoms with Gasteiger partial charge in [0.05, 0.1) is 15.6 Å². The van der Waals surface area contributed by atoms with E-state index in [0.717, 1.165) is 0 Å². The number of alkyl halides is 3. The first kappa shape index (κ1) is 20.9. The van der Waals surface area contributed by atoms with Crippen LogP contribution in [-0.4, -0.2) is 20.8 Å². The molecular weight excluding hydrogens is 447 g/mol. The molecule has 0 saturated carbocycles. The SMILES string of the molecule is O=C(N[C@@H](Nc1cc(Cl)ccc1Cl)C(Cl)(Cl)Cl)c1ccc([N+](=O)[O-])cc1. The normalized spacial score (nSPS) is 12.3. The molecule has 0 radical (unpaired) electrons. The number of benzene rings is 2. The molecule has 2 aromatic carbocycles. The first-order chi connectivity index (χ1) is 12.1. The number of halogens is 5. The van der Waals surface area contributed by atoms with E-state index >= 15 is 0 Å². The van der Waals surface area contributed by atoms with Crippen molar-refractivity contribution in [3.05, 3.63) is 68.2 Å². The van der Waals surface area contributed by atoms with Gasteiger partial charge in [-0.25, -0.2) is 0 Å². The van der Waals surface area contributed by atoms with Gasteiger partial charge in [-0.15, -0.1) is 0 Å². The number of carbonyl (C=O) groups excluding carboxylic acids is 1. The van der Waals surface area contributed by atoms with Gasteiger partial charge in [-0.3, -0.25) is 14.9 Å². The van der Waals surface area contributed by atoms with Gasteiger partial charge in [0.25, 0.3) is 11.6 Å². The molecule has 0 unspecified atom stereocenters. The molecule has 0 bridgehead atoms. The Morgan fingerprint density at radius 2 is 1.69 bits per heavy atom. The minimum Gasteiger partial charge on any atom is -0.361 e. The van der Waals surface area contributed by atoms with Crippen molar-refractivity contribution < 1.29 is 9.72 Å². The maximum Gasteiger partial charge on any atom is 0.269 e. The van der Waals surface area contributed by atoms with Crippen LogP contribution in [0.15, 0.2) is 42.5 Å². The van der Waals surface area contributed by atoms with E-state index in [1.807, 2.05) is 0 Å². The lowest BCUT2D eigenvalue weighted by molar-refractivity contribution is -0.384. The Hall–Kier alpha value is -1.44. The van der Waals surface area contributed by atoms with Gasteiger partial charge in [-0.2, -0.15) is 0 Å². The molecule has 0 aliphatic rings. The lowest BCUT2D eigenvalue weighted by Gasteiger charge is -2.28. The zero-order chi connectivity index (χ0) is 19.5. The largest absolute Gasteiger partial charge is 0.361 e. The van der Waals surface area contributed by atoms with E-state index in [-0.39, 0.29) is 11.3 Å². The summed E-state index contributed by atoms with van der Waals surface area (Å²) in [6, 6.07) is 9.59. The number of anilines is 1. The second kappa shape index (κ2) is 8.50. The monoisotopic (exact) mass is 455 g/mol. The van der Waals surface area contributed by atoms with Crippen LogP contribution >= 0.6 is 58.0 Å². The van der Waals surface area contributed by atoms with Gasteiger partial charge in [0, 0.05) is 22.7 Å². The highest BCUT2D eigenvalue weighted by atomic mass is 35.6. The van der Waals surface area contributed by atoms with E-state index in [4.69, 9.17) is 58.0 Å². The van der Waals surface area contributed by atoms with Crippen molar-refractivity contribution in [2.24, 2.45) is 0 Å². The van der Waals surface area contributed by atoms with Crippen LogP contribution in [0.4, 0.5) is 11.4 Å². The lowest BCUT2D eigenvalue weighted by atomic mass is 10.2. The molecule has 1 amide bonds. The first-order valence-electron chi connectivity index (χ1n) is 6.91. The molecule has 0 heterocycles. The third-order valence-corrected chi connectivity index (χ3v) is 4.39. The predicted octanol–water partition coefficient (Wildman–Crippen LogP) is 5.44. The summed E-state index contributed by atoms with van der Waals surface area (Å²) in [6.07, 6.45) is -1.16. The van der Waals surface area contributed by atoms with E-state index < -0.39 is 20.8 Å². The number of amides is 1. The zero-order valence-corrected chi connectivity index (χ0v) is 16.5. The minimum absolute atomic E-state index is 0.147. The summed E-state index contributed by atoms with van der Waals surface area (Å²) in [6.45, 7) is 0. The number of nitro benzene ring substituents is 1. The van der Waals surface area contributed by atoms with Crippen molar-refractivity contribution in [1.82, 2.24) is 5.32 Å². The maximum atomic E-state index is 12.4. The summed E-state index contributed by atoms with van der Waals surface area (Å²) in [5.41, 5.74) is 0.344. The Balaban J connectivity index is 2.21. The minimum atomic E-state index is -1.93. The summed E-state index contributed by atoms with van der Waals surface area (Å²) >= 11 is 29.8. The maximum absolute atomic E-state index is 12.4. The Kier molecular flexibility index (Phi) is 6.82. The predicted molar refractivity (Wildman–Crippen MR) is 105 cm³/mol. The molecule has 0 spiro atoms. The Bertz CT molecular complexity index is 824. The van der Waals surface area contributed by atoms with Crippen molar-refractivity contribution >= 4 is 75.3 Å². The van der Waals surface area contributed by atoms with Gasteiger partial charge in [0.1, 0.15) is 6.17 Å². The molecule has 6 nitrogen and oxygen atoms in total. The van der Waals surface area contributed by atoms with Crippen LogP contribution in [0.5, 0.6) is 0 Å². The van der Waals surface area contributed by atoms with E-state index in [1.165, 1.54) is 30.3 Å². The fourth-order valence-corrected chi connectivity index (χ4v) is 2.58. The third-order valence-electron chi connectivity index (χ3n) is 3.17. The van der Waals surface area contributed by atoms with E-state index in [1.54, 1.807) is 12.1 Å². The molecule has 26 heavy (non-hydrogen) atoms. The molecule has 0 saturated heterocycles. The molecule has 2 N–H and O–H groups in total. The molecular formula is C15H10Cl5N3O3. The van der Waals surface area contributed by atoms with Crippen molar-refractivity contribution in [2.45, 2.75) is 9.96 Å². The number of nitro groups is 1. The van der Waals surface area contributed by atoms with Crippen LogP contribution in [0.1, 0.15) is 10.4 Å². The highest BCUT2D eigenvalue weighted by Crippen LogP contribution is 2.34. The number of non-ortho nitro benzene ring substituents is 1. The number of nitrogens with one attached hydrogen (secondary N) is 2. The third kappa shape index (κ3) is 5.53. The Morgan fingerprint density at radius 3 is 2.23 bits per heavy atom. The van der Waals surface area contributed by atoms with Crippen LogP contribution in [0.3, 0.4) is 0 Å². The molecule has 0 aliphatic carbocycles. The van der Waals surface area contributed by atoms with Gasteiger partial charge in [0.2, 0.25) is 3.79 Å². The zero-order valence-electron chi connectivity index (χ0n) is 12.7. The van der Waals surface area contributed by atoms with Crippen molar-refractivity contribution in [3.8, 4) is 0 Å². The summed E-state index contributed by atoms with van der Waals surface area (Å²) in [7, 11) is 0. The van der Waals surface area contributed by atoms with Crippen LogP contribution in [-0.2, 0) is 0 Å². The van der Waals surface area contributed by atoms with Gasteiger partial charge in [-0.1, -0.05) is 58.0 Å². The Morgan fingerprint density at radius 1 is 1.08 bits per heavy atom. The van der Waals surface area contributed by atoms with Crippen LogP contribution in [0.25, 0.3) is 0 Å². The number of hydrogen-bond acceptors (Lipinski definition) is 4. The van der Waals surface area contributed by atoms with Gasteiger partial charge < -0.3 is 10.6 Å². The van der Waals surface area contributed by atoms with Crippen LogP contribution in [0, 0.1) is 10.1 Å². The van der Waals surface area contributed by atoms with Crippen LogP contribution < -0.4 is 10.6 Å². The van der Waals surface area contributed by atoms with E-state index in [2.05, 4.69) is 10.6 Å². The molecule has 138 valence electrons. The number of rotatable bonds is 5. The smallest absolute Gasteiger partial charge is 0.269 e. The first-order valence-corrected chi connectivity index (χ1v) is 8.80. The average molecular weight is 458 g/mol. The van der Waals surface area contributed by atoms with Gasteiger partial charge in [0.15, 0.2) is 0 Å². The molecule has 2 rings (SSSR count). The quantitative estimate of drug-likeness (QED) is 0.271. The summed E-state index contributed by atoms with van der Waals surface area (Å²) in [4.78, 5) is 22.5. The number of hydrogen-bond donors (Lipinski definition) is 2. The highest BCUT2D eigenvalue weighted by molar-refractivity contribution is 6.68. The number of carbonyl (C=O) groups is 1. The van der Waals surface area contributed by atoms with E-state index in [0.29, 0.717) is 15.7 Å².